The number of benzene rings is 1. The molecule has 2 aromatic heterocycles. The largest absolute Gasteiger partial charge is 0.412 e. The van der Waals surface area contributed by atoms with Crippen LogP contribution in [-0.2, 0) is 23.5 Å². The minimum absolute atomic E-state index is 0.0938. The predicted molar refractivity (Wildman–Crippen MR) is 114 cm³/mol. The SMILES string of the molecule is CSO[C@]12S[C@@](n3cnc4c(Cl)ncnc43)(O[C@@H]1C(=C=O)OC(=O)c1ccccc1)[C@H]2F. The highest BCUT2D eigenvalue weighted by Crippen LogP contribution is 2.72. The molecule has 32 heavy (non-hydrogen) atoms. The second-order valence-electron chi connectivity index (χ2n) is 6.74. The lowest BCUT2D eigenvalue weighted by atomic mass is 10.1. The molecule has 0 saturated carbocycles. The lowest BCUT2D eigenvalue weighted by molar-refractivity contribution is -0.0455. The number of ether oxygens (including phenoxy) is 2. The van der Waals surface area contributed by atoms with E-state index in [0.717, 1.165) is 23.8 Å². The normalized spacial score (nSPS) is 28.2. The molecule has 3 aliphatic heterocycles. The number of rotatable bonds is 6. The highest BCUT2D eigenvalue weighted by molar-refractivity contribution is 8.04. The number of fused-ring (bicyclic) bond motifs is 2. The van der Waals surface area contributed by atoms with Crippen LogP contribution < -0.4 is 0 Å². The molecule has 164 valence electrons. The van der Waals surface area contributed by atoms with Crippen molar-refractivity contribution in [3.63, 3.8) is 0 Å². The number of nitrogens with zero attached hydrogens (tertiary/aromatic N) is 4. The molecule has 0 aliphatic carbocycles. The van der Waals surface area contributed by atoms with E-state index in [9.17, 15) is 9.59 Å². The van der Waals surface area contributed by atoms with Gasteiger partial charge in [0.25, 0.3) is 0 Å². The highest BCUT2D eigenvalue weighted by Gasteiger charge is 2.82. The van der Waals surface area contributed by atoms with Gasteiger partial charge < -0.3 is 9.47 Å². The summed E-state index contributed by atoms with van der Waals surface area (Å²) in [6.07, 6.45) is 0.984. The second-order valence-corrected chi connectivity index (χ2v) is 9.02. The van der Waals surface area contributed by atoms with Crippen LogP contribution in [0.5, 0.6) is 0 Å². The lowest BCUT2D eigenvalue weighted by Gasteiger charge is -2.46. The Morgan fingerprint density at radius 2 is 2.12 bits per heavy atom. The topological polar surface area (TPSA) is 105 Å². The average molecular weight is 495 g/mol. The van der Waals surface area contributed by atoms with Gasteiger partial charge in [-0.05, 0) is 24.2 Å². The molecule has 3 saturated heterocycles. The van der Waals surface area contributed by atoms with Gasteiger partial charge in [-0.3, -0.25) is 8.75 Å². The number of carbonyl (C=O) groups is 1. The Labute approximate surface area is 193 Å². The summed E-state index contributed by atoms with van der Waals surface area (Å²) in [5, 5.41) is -1.58. The number of imidazole rings is 1. The molecule has 3 aromatic rings. The van der Waals surface area contributed by atoms with E-state index in [4.69, 9.17) is 25.3 Å². The van der Waals surface area contributed by atoms with Crippen LogP contribution in [0, 0.1) is 0 Å². The minimum Gasteiger partial charge on any atom is -0.412 e. The maximum atomic E-state index is 15.8. The summed E-state index contributed by atoms with van der Waals surface area (Å²) < 4.78 is 33.9. The molecule has 4 atom stereocenters. The third kappa shape index (κ3) is 2.92. The van der Waals surface area contributed by atoms with E-state index in [1.165, 1.54) is 29.4 Å². The quantitative estimate of drug-likeness (QED) is 0.167. The monoisotopic (exact) mass is 494 g/mol. The molecule has 6 rings (SSSR count). The standard InChI is InChI=1S/C19H12ClFN4O5S2/c1-31-30-18-13(11(7-26)28-16(27)10-5-3-2-4-6-10)29-19(32-18,17(18)21)25-9-24-12-14(20)22-8-23-15(12)25/h2-6,8-9,13,17H,1H3/t13-,17+,18+,19+/m1/s1. The first kappa shape index (κ1) is 21.4. The van der Waals surface area contributed by atoms with Gasteiger partial charge in [-0.15, -0.1) is 0 Å². The van der Waals surface area contributed by atoms with Crippen molar-refractivity contribution in [2.45, 2.75) is 22.3 Å². The van der Waals surface area contributed by atoms with Gasteiger partial charge in [0.15, 0.2) is 22.8 Å². The molecule has 9 nitrogen and oxygen atoms in total. The second kappa shape index (κ2) is 7.84. The van der Waals surface area contributed by atoms with Crippen LogP contribution in [0.15, 0.2) is 48.7 Å². The highest BCUT2D eigenvalue weighted by atomic mass is 35.5. The molecule has 13 heteroatoms. The van der Waals surface area contributed by atoms with Gasteiger partial charge in [0.05, 0.1) is 5.56 Å². The van der Waals surface area contributed by atoms with Crippen molar-refractivity contribution in [2.75, 3.05) is 6.26 Å². The zero-order valence-electron chi connectivity index (χ0n) is 16.1. The fraction of sp³-hybridized carbons (Fsp3) is 0.263. The number of alkyl halides is 1. The number of hydrogen-bond acceptors (Lipinski definition) is 10. The lowest BCUT2D eigenvalue weighted by Crippen LogP contribution is -2.59. The predicted octanol–water partition coefficient (Wildman–Crippen LogP) is 3.14. The summed E-state index contributed by atoms with van der Waals surface area (Å²) in [5.74, 6) is 0.236. The molecule has 3 fully saturated rings. The zero-order chi connectivity index (χ0) is 22.5. The summed E-state index contributed by atoms with van der Waals surface area (Å²) in [7, 11) is 0. The Kier molecular flexibility index (Phi) is 5.24. The summed E-state index contributed by atoms with van der Waals surface area (Å²) in [4.78, 5) is 34.7. The Morgan fingerprint density at radius 3 is 2.81 bits per heavy atom. The maximum absolute atomic E-state index is 15.8. The first-order valence-electron chi connectivity index (χ1n) is 9.07. The van der Waals surface area contributed by atoms with Crippen molar-refractivity contribution in [1.29, 1.82) is 0 Å². The molecular weight excluding hydrogens is 483 g/mol. The molecule has 2 bridgehead atoms. The van der Waals surface area contributed by atoms with E-state index in [2.05, 4.69) is 15.0 Å². The van der Waals surface area contributed by atoms with Gasteiger partial charge in [-0.2, -0.15) is 0 Å². The Balaban J connectivity index is 1.52. The van der Waals surface area contributed by atoms with Crippen molar-refractivity contribution in [3.8, 4) is 0 Å². The summed E-state index contributed by atoms with van der Waals surface area (Å²) in [6.45, 7) is 0. The van der Waals surface area contributed by atoms with Crippen molar-refractivity contribution in [2.24, 2.45) is 0 Å². The number of aromatic nitrogens is 4. The van der Waals surface area contributed by atoms with E-state index in [1.807, 2.05) is 0 Å². The third-order valence-corrected chi connectivity index (χ3v) is 7.46. The van der Waals surface area contributed by atoms with Gasteiger partial charge in [0.1, 0.15) is 18.2 Å². The maximum Gasteiger partial charge on any atom is 0.344 e. The van der Waals surface area contributed by atoms with Gasteiger partial charge in [0.2, 0.25) is 21.9 Å². The molecule has 0 N–H and O–H groups in total. The molecular formula is C19H12ClFN4O5S2. The number of halogens is 2. The number of esters is 1. The van der Waals surface area contributed by atoms with Gasteiger partial charge in [-0.25, -0.2) is 28.9 Å². The summed E-state index contributed by atoms with van der Waals surface area (Å²) in [6, 6.07) is 8.04. The van der Waals surface area contributed by atoms with Crippen LogP contribution in [-0.4, -0.2) is 54.9 Å². The number of thioether (sulfide) groups is 1. The van der Waals surface area contributed by atoms with Crippen LogP contribution in [0.3, 0.4) is 0 Å². The van der Waals surface area contributed by atoms with E-state index < -0.39 is 34.0 Å². The van der Waals surface area contributed by atoms with Crippen molar-refractivity contribution in [1.82, 2.24) is 19.5 Å². The summed E-state index contributed by atoms with van der Waals surface area (Å²) >= 11 is 7.91. The molecule has 0 unspecified atom stereocenters. The van der Waals surface area contributed by atoms with Crippen LogP contribution in [0.2, 0.25) is 5.15 Å². The van der Waals surface area contributed by atoms with E-state index >= 15 is 4.39 Å². The van der Waals surface area contributed by atoms with Crippen LogP contribution in [0.25, 0.3) is 11.2 Å². The number of hydrogen-bond donors (Lipinski definition) is 0. The van der Waals surface area contributed by atoms with Gasteiger partial charge in [-0.1, -0.05) is 41.6 Å². The van der Waals surface area contributed by atoms with E-state index in [-0.39, 0.29) is 21.9 Å². The minimum atomic E-state index is -1.78. The number of carbonyl (C=O) groups excluding carboxylic acids is 2. The first-order chi connectivity index (χ1) is 15.5. The Hall–Kier alpha value is -2.47. The van der Waals surface area contributed by atoms with E-state index in [0.29, 0.717) is 0 Å². The molecule has 3 aliphatic rings. The molecule has 0 radical (unpaired) electrons. The van der Waals surface area contributed by atoms with Crippen LogP contribution >= 0.6 is 35.4 Å². The van der Waals surface area contributed by atoms with Gasteiger partial charge >= 0.3 is 5.97 Å². The zero-order valence-corrected chi connectivity index (χ0v) is 18.5. The molecule has 0 amide bonds. The van der Waals surface area contributed by atoms with Crippen molar-refractivity contribution in [3.05, 3.63) is 59.5 Å². The van der Waals surface area contributed by atoms with E-state index in [1.54, 1.807) is 30.4 Å². The van der Waals surface area contributed by atoms with Crippen LogP contribution in [0.4, 0.5) is 4.39 Å². The van der Waals surface area contributed by atoms with Crippen molar-refractivity contribution >= 4 is 58.5 Å². The fourth-order valence-corrected chi connectivity index (χ4v) is 6.04. The average Bonchev–Trinajstić information content (AvgIpc) is 3.46. The third-order valence-electron chi connectivity index (χ3n) is 5.02. The fourth-order valence-electron chi connectivity index (χ4n) is 3.64. The van der Waals surface area contributed by atoms with Crippen LogP contribution in [0.1, 0.15) is 10.4 Å². The molecule has 5 heterocycles. The smallest absolute Gasteiger partial charge is 0.344 e. The molecule has 1 aromatic carbocycles. The Bertz CT molecular complexity index is 1270. The Morgan fingerprint density at radius 1 is 1.34 bits per heavy atom. The first-order valence-corrected chi connectivity index (χ1v) is 11.4. The molecule has 0 spiro atoms. The van der Waals surface area contributed by atoms with Crippen molar-refractivity contribution < 1.29 is 27.6 Å². The summed E-state index contributed by atoms with van der Waals surface area (Å²) in [5.41, 5.74) is 0.696. The van der Waals surface area contributed by atoms with Gasteiger partial charge in [0, 0.05) is 6.26 Å².